The number of hydrogen-bond acceptors (Lipinski definition) is 4. The molecule has 1 aliphatic heterocycles. The molecule has 92 valence electrons. The van der Waals surface area contributed by atoms with Crippen LogP contribution in [0, 0.1) is 5.92 Å². The molecule has 0 aliphatic carbocycles. The highest BCUT2D eigenvalue weighted by molar-refractivity contribution is 5.99. The zero-order chi connectivity index (χ0) is 12.4. The lowest BCUT2D eigenvalue weighted by Crippen LogP contribution is -2.29. The Balaban J connectivity index is 2.21. The molecular formula is C12H16N2O3. The smallest absolute Gasteiger partial charge is 0.261 e. The first kappa shape index (κ1) is 11.7. The van der Waals surface area contributed by atoms with E-state index in [0.29, 0.717) is 25.6 Å². The van der Waals surface area contributed by atoms with Gasteiger partial charge in [0.15, 0.2) is 0 Å². The van der Waals surface area contributed by atoms with Gasteiger partial charge < -0.3 is 20.8 Å². The Bertz CT molecular complexity index is 414. The highest BCUT2D eigenvalue weighted by atomic mass is 16.3. The maximum atomic E-state index is 12.1. The first-order valence-electron chi connectivity index (χ1n) is 5.63. The lowest BCUT2D eigenvalue weighted by Gasteiger charge is -2.17. The van der Waals surface area contributed by atoms with Gasteiger partial charge >= 0.3 is 0 Å². The summed E-state index contributed by atoms with van der Waals surface area (Å²) in [5, 5.41) is 19.2. The molecule has 1 aromatic rings. The molecule has 17 heavy (non-hydrogen) atoms. The highest BCUT2D eigenvalue weighted by Gasteiger charge is 2.28. The first-order valence-corrected chi connectivity index (χ1v) is 5.63. The summed E-state index contributed by atoms with van der Waals surface area (Å²) in [5.41, 5.74) is 5.53. The molecule has 1 fully saturated rings. The average molecular weight is 236 g/mol. The fourth-order valence-corrected chi connectivity index (χ4v) is 2.12. The minimum absolute atomic E-state index is 0.0230. The molecule has 1 atom stereocenters. The van der Waals surface area contributed by atoms with Crippen molar-refractivity contribution >= 4 is 5.91 Å². The summed E-state index contributed by atoms with van der Waals surface area (Å²) in [5.74, 6) is -0.402. The van der Waals surface area contributed by atoms with Crippen LogP contribution in [0.1, 0.15) is 16.8 Å². The number of carbonyl (C=O) groups excluding carboxylic acids is 1. The number of aromatic hydroxyl groups is 2. The molecule has 4 N–H and O–H groups in total. The highest BCUT2D eigenvalue weighted by Crippen LogP contribution is 2.29. The molecule has 2 rings (SSSR count). The molecule has 5 heteroatoms. The van der Waals surface area contributed by atoms with Crippen molar-refractivity contribution in [2.45, 2.75) is 6.42 Å². The normalized spacial score (nSPS) is 19.6. The van der Waals surface area contributed by atoms with Gasteiger partial charge in [0.05, 0.1) is 0 Å². The number of likely N-dealkylation sites (tertiary alicyclic amines) is 1. The largest absolute Gasteiger partial charge is 0.507 e. The topological polar surface area (TPSA) is 86.8 Å². The van der Waals surface area contributed by atoms with Crippen molar-refractivity contribution < 1.29 is 15.0 Å². The zero-order valence-electron chi connectivity index (χ0n) is 9.47. The van der Waals surface area contributed by atoms with Gasteiger partial charge in [0.1, 0.15) is 17.1 Å². The number of nitrogens with zero attached hydrogens (tertiary/aromatic N) is 1. The number of nitrogens with two attached hydrogens (primary N) is 1. The van der Waals surface area contributed by atoms with Gasteiger partial charge in [-0.2, -0.15) is 0 Å². The van der Waals surface area contributed by atoms with E-state index < -0.39 is 0 Å². The Morgan fingerprint density at radius 2 is 2.06 bits per heavy atom. The predicted octanol–water partition coefficient (Wildman–Crippen LogP) is 0.519. The van der Waals surface area contributed by atoms with Crippen LogP contribution in [0.4, 0.5) is 0 Å². The summed E-state index contributed by atoms with van der Waals surface area (Å²) in [4.78, 5) is 13.7. The van der Waals surface area contributed by atoms with Gasteiger partial charge in [-0.3, -0.25) is 4.79 Å². The minimum Gasteiger partial charge on any atom is -0.507 e. The second-order valence-corrected chi connectivity index (χ2v) is 4.31. The van der Waals surface area contributed by atoms with Crippen LogP contribution in [-0.2, 0) is 0 Å². The maximum Gasteiger partial charge on any atom is 0.261 e. The molecule has 1 aromatic carbocycles. The third kappa shape index (κ3) is 2.19. The lowest BCUT2D eigenvalue weighted by molar-refractivity contribution is 0.0781. The van der Waals surface area contributed by atoms with E-state index in [4.69, 9.17) is 5.73 Å². The Hall–Kier alpha value is -1.75. The summed E-state index contributed by atoms with van der Waals surface area (Å²) in [7, 11) is 0. The van der Waals surface area contributed by atoms with E-state index in [1.807, 2.05) is 0 Å². The minimum atomic E-state index is -0.337. The second-order valence-electron chi connectivity index (χ2n) is 4.31. The van der Waals surface area contributed by atoms with Gasteiger partial charge in [0, 0.05) is 13.1 Å². The summed E-state index contributed by atoms with van der Waals surface area (Å²) >= 11 is 0. The van der Waals surface area contributed by atoms with Crippen molar-refractivity contribution in [1.29, 1.82) is 0 Å². The van der Waals surface area contributed by atoms with E-state index in [1.165, 1.54) is 18.2 Å². The molecule has 0 spiro atoms. The molecular weight excluding hydrogens is 220 g/mol. The van der Waals surface area contributed by atoms with E-state index >= 15 is 0 Å². The van der Waals surface area contributed by atoms with Gasteiger partial charge in [0.2, 0.25) is 0 Å². The average Bonchev–Trinajstić information content (AvgIpc) is 2.77. The fourth-order valence-electron chi connectivity index (χ4n) is 2.12. The van der Waals surface area contributed by atoms with Crippen LogP contribution >= 0.6 is 0 Å². The molecule has 0 saturated carbocycles. The molecule has 1 amide bonds. The summed E-state index contributed by atoms with van der Waals surface area (Å²) in [6, 6.07) is 4.28. The van der Waals surface area contributed by atoms with Gasteiger partial charge in [-0.25, -0.2) is 0 Å². The number of carbonyl (C=O) groups is 1. The van der Waals surface area contributed by atoms with Crippen molar-refractivity contribution in [3.63, 3.8) is 0 Å². The summed E-state index contributed by atoms with van der Waals surface area (Å²) in [6.45, 7) is 1.76. The van der Waals surface area contributed by atoms with Crippen molar-refractivity contribution in [3.8, 4) is 11.5 Å². The van der Waals surface area contributed by atoms with Crippen LogP contribution in [-0.4, -0.2) is 40.7 Å². The van der Waals surface area contributed by atoms with Crippen molar-refractivity contribution in [1.82, 2.24) is 4.90 Å². The van der Waals surface area contributed by atoms with E-state index in [1.54, 1.807) is 4.90 Å². The lowest BCUT2D eigenvalue weighted by atomic mass is 10.1. The number of phenolic OH excluding ortho intramolecular Hbond substituents is 2. The Morgan fingerprint density at radius 3 is 2.59 bits per heavy atom. The van der Waals surface area contributed by atoms with Gasteiger partial charge in [0.25, 0.3) is 5.91 Å². The SMILES string of the molecule is NCC1CCN(C(=O)c2c(O)cccc2O)C1. The molecule has 1 unspecified atom stereocenters. The number of amides is 1. The van der Waals surface area contributed by atoms with E-state index in [-0.39, 0.29) is 23.0 Å². The van der Waals surface area contributed by atoms with E-state index in [0.717, 1.165) is 6.42 Å². The van der Waals surface area contributed by atoms with Crippen LogP contribution in [0.3, 0.4) is 0 Å². The molecule has 1 saturated heterocycles. The third-order valence-electron chi connectivity index (χ3n) is 3.14. The molecule has 5 nitrogen and oxygen atoms in total. The van der Waals surface area contributed by atoms with Gasteiger partial charge in [-0.1, -0.05) is 6.07 Å². The van der Waals surface area contributed by atoms with Gasteiger partial charge in [-0.05, 0) is 31.0 Å². The monoisotopic (exact) mass is 236 g/mol. The Kier molecular flexibility index (Phi) is 3.19. The number of benzene rings is 1. The summed E-state index contributed by atoms with van der Waals surface area (Å²) < 4.78 is 0. The van der Waals surface area contributed by atoms with Crippen LogP contribution in [0.2, 0.25) is 0 Å². The number of rotatable bonds is 2. The van der Waals surface area contributed by atoms with Crippen molar-refractivity contribution in [2.24, 2.45) is 11.7 Å². The Labute approximate surface area is 99.5 Å². The molecule has 0 radical (unpaired) electrons. The molecule has 0 bridgehead atoms. The standard InChI is InChI=1S/C12H16N2O3/c13-6-8-4-5-14(7-8)12(17)11-9(15)2-1-3-10(11)16/h1-3,8,15-16H,4-7,13H2. The molecule has 1 aliphatic rings. The summed E-state index contributed by atoms with van der Waals surface area (Å²) in [6.07, 6.45) is 0.872. The molecule has 0 aromatic heterocycles. The third-order valence-corrected chi connectivity index (χ3v) is 3.14. The quantitative estimate of drug-likeness (QED) is 0.698. The first-order chi connectivity index (χ1) is 8.13. The maximum absolute atomic E-state index is 12.1. The van der Waals surface area contributed by atoms with Crippen molar-refractivity contribution in [2.75, 3.05) is 19.6 Å². The van der Waals surface area contributed by atoms with Crippen LogP contribution in [0.25, 0.3) is 0 Å². The fraction of sp³-hybridized carbons (Fsp3) is 0.417. The van der Waals surface area contributed by atoms with E-state index in [2.05, 4.69) is 0 Å². The molecule has 1 heterocycles. The van der Waals surface area contributed by atoms with Crippen LogP contribution in [0.15, 0.2) is 18.2 Å². The zero-order valence-corrected chi connectivity index (χ0v) is 9.47. The van der Waals surface area contributed by atoms with Crippen molar-refractivity contribution in [3.05, 3.63) is 23.8 Å². The predicted molar refractivity (Wildman–Crippen MR) is 62.8 cm³/mol. The Morgan fingerprint density at radius 1 is 1.41 bits per heavy atom. The van der Waals surface area contributed by atoms with Crippen LogP contribution in [0.5, 0.6) is 11.5 Å². The second kappa shape index (κ2) is 4.63. The number of phenols is 2. The number of hydrogen-bond donors (Lipinski definition) is 3. The van der Waals surface area contributed by atoms with Gasteiger partial charge in [-0.15, -0.1) is 0 Å². The van der Waals surface area contributed by atoms with Crippen LogP contribution < -0.4 is 5.73 Å². The van der Waals surface area contributed by atoms with E-state index in [9.17, 15) is 15.0 Å².